The molecule has 1 nitrogen and oxygen atoms in total. The summed E-state index contributed by atoms with van der Waals surface area (Å²) in [7, 11) is 0. The van der Waals surface area contributed by atoms with E-state index in [4.69, 9.17) is 0 Å². The lowest BCUT2D eigenvalue weighted by Crippen LogP contribution is -2.26. The zero-order valence-corrected chi connectivity index (χ0v) is 11.1. The molecule has 0 aromatic heterocycles. The molecule has 1 atom stereocenters. The number of nitrogens with one attached hydrogen (secondary N) is 1. The SMILES string of the molecule is C=C(CC)C[C@@H](/C=C\C)NC(/C=C\C)=C/C. The second-order valence-corrected chi connectivity index (χ2v) is 3.83. The molecule has 1 heteroatoms. The van der Waals surface area contributed by atoms with E-state index in [-0.39, 0.29) is 0 Å². The monoisotopic (exact) mass is 219 g/mol. The first-order chi connectivity index (χ1) is 7.67. The van der Waals surface area contributed by atoms with E-state index in [1.54, 1.807) is 0 Å². The molecule has 90 valence electrons. The maximum Gasteiger partial charge on any atom is 0.0481 e. The van der Waals surface area contributed by atoms with Crippen LogP contribution in [0, 0.1) is 0 Å². The van der Waals surface area contributed by atoms with Crippen molar-refractivity contribution in [3.63, 3.8) is 0 Å². The summed E-state index contributed by atoms with van der Waals surface area (Å²) < 4.78 is 0. The average Bonchev–Trinajstić information content (AvgIpc) is 2.28. The maximum absolute atomic E-state index is 4.06. The van der Waals surface area contributed by atoms with Crippen LogP contribution in [0.15, 0.2) is 48.2 Å². The molecule has 0 saturated carbocycles. The van der Waals surface area contributed by atoms with Crippen molar-refractivity contribution in [3.05, 3.63) is 48.2 Å². The Morgan fingerprint density at radius 3 is 2.38 bits per heavy atom. The van der Waals surface area contributed by atoms with Crippen molar-refractivity contribution >= 4 is 0 Å². The van der Waals surface area contributed by atoms with Gasteiger partial charge < -0.3 is 5.32 Å². The van der Waals surface area contributed by atoms with Gasteiger partial charge in [-0.3, -0.25) is 0 Å². The first-order valence-electron chi connectivity index (χ1n) is 6.02. The Hall–Kier alpha value is -1.24. The van der Waals surface area contributed by atoms with Crippen LogP contribution in [0.1, 0.15) is 40.5 Å². The lowest BCUT2D eigenvalue weighted by atomic mass is 10.0. The van der Waals surface area contributed by atoms with Gasteiger partial charge in [0, 0.05) is 11.7 Å². The zero-order valence-electron chi connectivity index (χ0n) is 11.1. The predicted octanol–water partition coefficient (Wildman–Crippen LogP) is 4.36. The van der Waals surface area contributed by atoms with Crippen LogP contribution in [0.2, 0.25) is 0 Å². The molecule has 0 fully saturated rings. The standard InChI is InChI=1S/C15H25N/c1-6-10-14(9-4)16-15(11-7-2)12-13(5)8-3/h6-7,9-11,15-16H,5,8,12H2,1-4H3/b10-6-,11-7-,14-9+/t15-/m1/s1. The molecule has 0 aromatic carbocycles. The van der Waals surface area contributed by atoms with E-state index in [2.05, 4.69) is 43.1 Å². The summed E-state index contributed by atoms with van der Waals surface area (Å²) in [6.45, 7) is 12.3. The van der Waals surface area contributed by atoms with Crippen molar-refractivity contribution in [2.24, 2.45) is 0 Å². The van der Waals surface area contributed by atoms with Crippen LogP contribution in [0.25, 0.3) is 0 Å². The molecule has 0 unspecified atom stereocenters. The summed E-state index contributed by atoms with van der Waals surface area (Å²) in [5, 5.41) is 3.50. The third-order valence-corrected chi connectivity index (χ3v) is 2.44. The number of rotatable bonds is 7. The molecule has 0 radical (unpaired) electrons. The van der Waals surface area contributed by atoms with Crippen molar-refractivity contribution in [1.29, 1.82) is 0 Å². The molecule has 0 rings (SSSR count). The molecule has 0 amide bonds. The Morgan fingerprint density at radius 2 is 1.94 bits per heavy atom. The van der Waals surface area contributed by atoms with Gasteiger partial charge in [-0.2, -0.15) is 0 Å². The van der Waals surface area contributed by atoms with Gasteiger partial charge in [0.15, 0.2) is 0 Å². The topological polar surface area (TPSA) is 12.0 Å². The van der Waals surface area contributed by atoms with E-state index >= 15 is 0 Å². The molecular formula is C15H25N. The van der Waals surface area contributed by atoms with Gasteiger partial charge in [-0.1, -0.05) is 43.4 Å². The van der Waals surface area contributed by atoms with E-state index in [1.165, 1.54) is 5.57 Å². The van der Waals surface area contributed by atoms with E-state index in [1.807, 2.05) is 26.8 Å². The minimum absolute atomic E-state index is 0.347. The molecule has 0 aromatic rings. The maximum atomic E-state index is 4.06. The van der Waals surface area contributed by atoms with E-state index < -0.39 is 0 Å². The first-order valence-corrected chi connectivity index (χ1v) is 6.02. The van der Waals surface area contributed by atoms with Crippen LogP contribution in [-0.4, -0.2) is 6.04 Å². The Balaban J connectivity index is 4.49. The first kappa shape index (κ1) is 14.8. The van der Waals surface area contributed by atoms with Crippen LogP contribution in [0.3, 0.4) is 0 Å². The molecule has 0 saturated heterocycles. The summed E-state index contributed by atoms with van der Waals surface area (Å²) in [5.74, 6) is 0. The van der Waals surface area contributed by atoms with Crippen LogP contribution < -0.4 is 5.32 Å². The highest BCUT2D eigenvalue weighted by molar-refractivity contribution is 5.18. The second-order valence-electron chi connectivity index (χ2n) is 3.83. The minimum Gasteiger partial charge on any atom is -0.379 e. The molecule has 0 aliphatic heterocycles. The third-order valence-electron chi connectivity index (χ3n) is 2.44. The summed E-state index contributed by atoms with van der Waals surface area (Å²) in [6.07, 6.45) is 12.5. The minimum atomic E-state index is 0.347. The van der Waals surface area contributed by atoms with Crippen LogP contribution in [0.4, 0.5) is 0 Å². The molecule has 0 spiro atoms. The third kappa shape index (κ3) is 6.28. The molecule has 1 N–H and O–H groups in total. The zero-order chi connectivity index (χ0) is 12.4. The molecule has 0 aliphatic carbocycles. The average molecular weight is 219 g/mol. The summed E-state index contributed by atoms with van der Waals surface area (Å²) >= 11 is 0. The fraction of sp³-hybridized carbons (Fsp3) is 0.467. The predicted molar refractivity (Wildman–Crippen MR) is 74.4 cm³/mol. The molecule has 0 heterocycles. The lowest BCUT2D eigenvalue weighted by Gasteiger charge is -2.18. The fourth-order valence-corrected chi connectivity index (χ4v) is 1.48. The molecule has 0 aliphatic rings. The molecule has 16 heavy (non-hydrogen) atoms. The van der Waals surface area contributed by atoms with Gasteiger partial charge in [0.1, 0.15) is 0 Å². The highest BCUT2D eigenvalue weighted by atomic mass is 14.9. The fourth-order valence-electron chi connectivity index (χ4n) is 1.48. The summed E-state index contributed by atoms with van der Waals surface area (Å²) in [5.41, 5.74) is 2.45. The van der Waals surface area contributed by atoms with E-state index in [0.717, 1.165) is 18.5 Å². The quantitative estimate of drug-likeness (QED) is 0.495. The molecule has 0 bridgehead atoms. The number of allylic oxidation sites excluding steroid dienone is 4. The van der Waals surface area contributed by atoms with Crippen molar-refractivity contribution in [2.45, 2.75) is 46.6 Å². The van der Waals surface area contributed by atoms with Gasteiger partial charge in [0.25, 0.3) is 0 Å². The Kier molecular flexibility index (Phi) is 8.32. The van der Waals surface area contributed by atoms with Gasteiger partial charge in [-0.15, -0.1) is 0 Å². The largest absolute Gasteiger partial charge is 0.379 e. The van der Waals surface area contributed by atoms with Crippen LogP contribution >= 0.6 is 0 Å². The van der Waals surface area contributed by atoms with Crippen molar-refractivity contribution in [2.75, 3.05) is 0 Å². The van der Waals surface area contributed by atoms with Crippen molar-refractivity contribution in [1.82, 2.24) is 5.32 Å². The van der Waals surface area contributed by atoms with E-state index in [0.29, 0.717) is 6.04 Å². The van der Waals surface area contributed by atoms with Gasteiger partial charge in [-0.25, -0.2) is 0 Å². The summed E-state index contributed by atoms with van der Waals surface area (Å²) in [6, 6.07) is 0.347. The highest BCUT2D eigenvalue weighted by Gasteiger charge is 2.05. The number of hydrogen-bond acceptors (Lipinski definition) is 1. The second kappa shape index (κ2) is 9.02. The smallest absolute Gasteiger partial charge is 0.0481 e. The van der Waals surface area contributed by atoms with Crippen LogP contribution in [0.5, 0.6) is 0 Å². The van der Waals surface area contributed by atoms with Crippen molar-refractivity contribution in [3.8, 4) is 0 Å². The Bertz CT molecular complexity index is 282. The highest BCUT2D eigenvalue weighted by Crippen LogP contribution is 2.10. The van der Waals surface area contributed by atoms with Gasteiger partial charge in [-0.05, 0) is 39.7 Å². The van der Waals surface area contributed by atoms with Gasteiger partial charge in [0.2, 0.25) is 0 Å². The lowest BCUT2D eigenvalue weighted by molar-refractivity contribution is 0.661. The molecular weight excluding hydrogens is 194 g/mol. The number of hydrogen-bond donors (Lipinski definition) is 1. The normalized spacial score (nSPS) is 14.6. The Labute approximate surface area is 101 Å². The van der Waals surface area contributed by atoms with Gasteiger partial charge >= 0.3 is 0 Å². The van der Waals surface area contributed by atoms with Crippen LogP contribution in [-0.2, 0) is 0 Å². The Morgan fingerprint density at radius 1 is 1.25 bits per heavy atom. The van der Waals surface area contributed by atoms with Gasteiger partial charge in [0.05, 0.1) is 0 Å². The summed E-state index contributed by atoms with van der Waals surface area (Å²) in [4.78, 5) is 0. The van der Waals surface area contributed by atoms with Crippen molar-refractivity contribution < 1.29 is 0 Å². The van der Waals surface area contributed by atoms with E-state index in [9.17, 15) is 0 Å².